The fourth-order valence-electron chi connectivity index (χ4n) is 4.62. The molecule has 41 heavy (non-hydrogen) atoms. The molecule has 3 atom stereocenters. The lowest BCUT2D eigenvalue weighted by Gasteiger charge is -2.28. The molecule has 220 valence electrons. The molecule has 0 saturated heterocycles. The molecule has 0 bridgehead atoms. The average molecular weight is 578 g/mol. The fourth-order valence-corrected chi connectivity index (χ4v) is 4.62. The zero-order valence-electron chi connectivity index (χ0n) is 22.1. The van der Waals surface area contributed by atoms with E-state index in [9.17, 15) is 23.1 Å². The highest BCUT2D eigenvalue weighted by Gasteiger charge is 2.38. The number of carbonyl (C=O) groups excluding carboxylic acids is 1. The van der Waals surface area contributed by atoms with E-state index in [1.807, 2.05) is 42.6 Å². The first-order valence-electron chi connectivity index (χ1n) is 12.9. The third-order valence-electron chi connectivity index (χ3n) is 6.75. The lowest BCUT2D eigenvalue weighted by atomic mass is 9.95. The minimum absolute atomic E-state index is 0.101. The van der Waals surface area contributed by atoms with Gasteiger partial charge in [0.15, 0.2) is 0 Å². The molecule has 10 nitrogen and oxygen atoms in total. The molecule has 3 aromatic rings. The van der Waals surface area contributed by atoms with Gasteiger partial charge in [-0.25, -0.2) is 4.79 Å². The van der Waals surface area contributed by atoms with E-state index >= 15 is 0 Å². The number of nitrogens with one attached hydrogen (secondary N) is 2. The van der Waals surface area contributed by atoms with E-state index in [1.54, 1.807) is 13.3 Å². The molecule has 1 aliphatic heterocycles. The number of alkyl halides is 3. The van der Waals surface area contributed by atoms with Gasteiger partial charge in [0.2, 0.25) is 5.91 Å². The summed E-state index contributed by atoms with van der Waals surface area (Å²) in [5.41, 5.74) is 3.42. The molecule has 0 spiro atoms. The second-order valence-corrected chi connectivity index (χ2v) is 9.74. The third-order valence-corrected chi connectivity index (χ3v) is 6.75. The van der Waals surface area contributed by atoms with Crippen molar-refractivity contribution in [2.24, 2.45) is 5.92 Å². The Hall–Kier alpha value is -4.26. The highest BCUT2D eigenvalue weighted by atomic mass is 19.4. The minimum atomic E-state index is -5.08. The van der Waals surface area contributed by atoms with E-state index in [4.69, 9.17) is 24.1 Å². The summed E-state index contributed by atoms with van der Waals surface area (Å²) in [6, 6.07) is 11.3. The number of methoxy groups -OCH3 is 1. The molecule has 2 aliphatic rings. The number of aliphatic carboxylic acids is 1. The topological polar surface area (TPSA) is 143 Å². The van der Waals surface area contributed by atoms with Crippen LogP contribution in [-0.2, 0) is 16.0 Å². The van der Waals surface area contributed by atoms with Crippen molar-refractivity contribution in [1.82, 2.24) is 10.2 Å². The number of ether oxygens (including phenoxy) is 3. The number of carbonyl (C=O) groups is 2. The number of carboxylic acids is 1. The van der Waals surface area contributed by atoms with Gasteiger partial charge in [-0.3, -0.25) is 9.89 Å². The number of aromatic amines is 1. The Kier molecular flexibility index (Phi) is 9.38. The number of rotatable bonds is 6. The normalized spacial score (nSPS) is 20.0. The number of H-pyrrole nitrogens is 1. The quantitative estimate of drug-likeness (QED) is 0.333. The number of hydrogen-bond donors (Lipinski definition) is 4. The number of fused-ring (bicyclic) bond motifs is 1. The summed E-state index contributed by atoms with van der Waals surface area (Å²) in [5, 5.41) is 27.1. The van der Waals surface area contributed by atoms with Gasteiger partial charge < -0.3 is 29.7 Å². The first-order chi connectivity index (χ1) is 19.5. The molecule has 2 heterocycles. The Balaban J connectivity index is 0.000000493. The maximum Gasteiger partial charge on any atom is 0.490 e. The predicted octanol–water partition coefficient (Wildman–Crippen LogP) is 4.59. The summed E-state index contributed by atoms with van der Waals surface area (Å²) in [6.45, 7) is 0.309. The predicted molar refractivity (Wildman–Crippen MR) is 141 cm³/mol. The van der Waals surface area contributed by atoms with Gasteiger partial charge in [-0.05, 0) is 67.1 Å². The van der Waals surface area contributed by atoms with Crippen LogP contribution in [0.15, 0.2) is 48.8 Å². The van der Waals surface area contributed by atoms with Crippen LogP contribution in [0.1, 0.15) is 31.2 Å². The van der Waals surface area contributed by atoms with E-state index in [0.29, 0.717) is 30.9 Å². The third kappa shape index (κ3) is 7.91. The van der Waals surface area contributed by atoms with Gasteiger partial charge in [0.05, 0.1) is 31.0 Å². The SMILES string of the molecule is COc1ccc2c(c1)CC(C(=O)Nc1ccc(-c3cn[nH]c3)cc1OC1CCCC(O)C1)CO2.O=C(O)C(F)(F)F. The maximum absolute atomic E-state index is 13.2. The van der Waals surface area contributed by atoms with Gasteiger partial charge in [-0.15, -0.1) is 0 Å². The molecule has 0 radical (unpaired) electrons. The summed E-state index contributed by atoms with van der Waals surface area (Å²) < 4.78 is 49.2. The number of anilines is 1. The van der Waals surface area contributed by atoms with Crippen molar-refractivity contribution in [2.45, 2.75) is 50.5 Å². The molecule has 4 N–H and O–H groups in total. The zero-order valence-corrected chi connectivity index (χ0v) is 22.1. The lowest BCUT2D eigenvalue weighted by molar-refractivity contribution is -0.192. The highest BCUT2D eigenvalue weighted by Crippen LogP contribution is 2.35. The van der Waals surface area contributed by atoms with E-state index in [-0.39, 0.29) is 24.0 Å². The van der Waals surface area contributed by atoms with Gasteiger partial charge in [0.1, 0.15) is 30.0 Å². The fraction of sp³-hybridized carbons (Fsp3) is 0.393. The van der Waals surface area contributed by atoms with Crippen LogP contribution in [0, 0.1) is 5.92 Å². The first kappa shape index (κ1) is 29.7. The van der Waals surface area contributed by atoms with E-state index < -0.39 is 12.1 Å². The molecule has 1 saturated carbocycles. The van der Waals surface area contributed by atoms with Gasteiger partial charge in [0.25, 0.3) is 0 Å². The number of benzene rings is 2. The van der Waals surface area contributed by atoms with Gasteiger partial charge in [-0.2, -0.15) is 18.3 Å². The van der Waals surface area contributed by atoms with Crippen molar-refractivity contribution in [3.8, 4) is 28.4 Å². The molecular formula is C28H30F3N3O7. The van der Waals surface area contributed by atoms with Gasteiger partial charge in [0, 0.05) is 18.2 Å². The molecule has 1 aliphatic carbocycles. The van der Waals surface area contributed by atoms with Crippen LogP contribution in [-0.4, -0.2) is 64.4 Å². The van der Waals surface area contributed by atoms with Crippen molar-refractivity contribution in [3.63, 3.8) is 0 Å². The Morgan fingerprint density at radius 3 is 2.59 bits per heavy atom. The maximum atomic E-state index is 13.2. The summed E-state index contributed by atoms with van der Waals surface area (Å²) >= 11 is 0. The summed E-state index contributed by atoms with van der Waals surface area (Å²) in [6.07, 6.45) is 1.75. The Bertz CT molecular complexity index is 1350. The smallest absolute Gasteiger partial charge is 0.490 e. The summed E-state index contributed by atoms with van der Waals surface area (Å²) in [5.74, 6) is -1.11. The van der Waals surface area contributed by atoms with Crippen molar-refractivity contribution in [1.29, 1.82) is 0 Å². The Morgan fingerprint density at radius 1 is 1.15 bits per heavy atom. The van der Waals surface area contributed by atoms with E-state index in [1.165, 1.54) is 0 Å². The number of aliphatic hydroxyl groups excluding tert-OH is 1. The molecule has 5 rings (SSSR count). The van der Waals surface area contributed by atoms with Gasteiger partial charge >= 0.3 is 12.1 Å². The van der Waals surface area contributed by atoms with Crippen molar-refractivity contribution < 1.29 is 47.2 Å². The lowest BCUT2D eigenvalue weighted by Crippen LogP contribution is -2.33. The molecule has 1 fully saturated rings. The molecular weight excluding hydrogens is 547 g/mol. The van der Waals surface area contributed by atoms with Crippen molar-refractivity contribution in [2.75, 3.05) is 19.0 Å². The standard InChI is InChI=1S/C26H29N3O5.C2HF3O2/c1-32-21-6-8-24-17(10-21)9-18(15-33-24)26(31)29-23-7-5-16(19-13-27-28-14-19)11-25(23)34-22-4-2-3-20(30)12-22;3-2(4,5)1(6)7/h5-8,10-11,13-14,18,20,22,30H,2-4,9,12,15H2,1H3,(H,27,28)(H,29,31);(H,6,7). The van der Waals surface area contributed by atoms with Crippen LogP contribution >= 0.6 is 0 Å². The molecule has 13 heteroatoms. The zero-order chi connectivity index (χ0) is 29.6. The van der Waals surface area contributed by atoms with Crippen LogP contribution in [0.5, 0.6) is 17.2 Å². The van der Waals surface area contributed by atoms with Crippen molar-refractivity contribution >= 4 is 17.6 Å². The summed E-state index contributed by atoms with van der Waals surface area (Å²) in [7, 11) is 1.62. The highest BCUT2D eigenvalue weighted by molar-refractivity contribution is 5.95. The van der Waals surface area contributed by atoms with Crippen LogP contribution in [0.2, 0.25) is 0 Å². The van der Waals surface area contributed by atoms with Crippen molar-refractivity contribution in [3.05, 3.63) is 54.4 Å². The molecule has 1 aromatic heterocycles. The van der Waals surface area contributed by atoms with Crippen LogP contribution in [0.3, 0.4) is 0 Å². The summed E-state index contributed by atoms with van der Waals surface area (Å²) in [4.78, 5) is 22.1. The minimum Gasteiger partial charge on any atom is -0.497 e. The number of halogens is 3. The number of amides is 1. The molecule has 3 unspecified atom stereocenters. The number of hydrogen-bond acceptors (Lipinski definition) is 7. The largest absolute Gasteiger partial charge is 0.497 e. The monoisotopic (exact) mass is 577 g/mol. The Labute approximate surface area is 233 Å². The van der Waals surface area contributed by atoms with Crippen LogP contribution < -0.4 is 19.5 Å². The number of carboxylic acid groups (broad SMARTS) is 1. The second-order valence-electron chi connectivity index (χ2n) is 9.74. The Morgan fingerprint density at radius 2 is 1.93 bits per heavy atom. The van der Waals surface area contributed by atoms with Gasteiger partial charge in [-0.1, -0.05) is 6.07 Å². The first-order valence-corrected chi connectivity index (χ1v) is 12.9. The van der Waals surface area contributed by atoms with E-state index in [0.717, 1.165) is 47.5 Å². The average Bonchev–Trinajstić information content (AvgIpc) is 3.48. The number of aliphatic hydroxyl groups is 1. The van der Waals surface area contributed by atoms with E-state index in [2.05, 4.69) is 15.5 Å². The molecule has 1 amide bonds. The van der Waals surface area contributed by atoms with Crippen LogP contribution in [0.4, 0.5) is 18.9 Å². The van der Waals surface area contributed by atoms with Crippen LogP contribution in [0.25, 0.3) is 11.1 Å². The molecule has 2 aromatic carbocycles. The second kappa shape index (κ2) is 12.9. The number of nitrogens with zero attached hydrogens (tertiary/aromatic N) is 1. The number of aromatic nitrogens is 2.